The molecular formula is C23H29N3O4. The minimum Gasteiger partial charge on any atom is -0.856 e. The molecule has 0 N–H and O–H groups in total. The third kappa shape index (κ3) is 3.18. The molecule has 6 aliphatic rings. The van der Waals surface area contributed by atoms with Crippen LogP contribution in [0.25, 0.3) is 0 Å². The molecule has 0 aromatic carbocycles. The van der Waals surface area contributed by atoms with Gasteiger partial charge in [-0.05, 0) is 56.8 Å². The summed E-state index contributed by atoms with van der Waals surface area (Å²) in [7, 11) is 0. The Labute approximate surface area is 176 Å². The van der Waals surface area contributed by atoms with Crippen molar-refractivity contribution in [1.29, 1.82) is 0 Å². The van der Waals surface area contributed by atoms with Crippen LogP contribution in [0.4, 0.5) is 0 Å². The summed E-state index contributed by atoms with van der Waals surface area (Å²) in [6.07, 6.45) is 12.8. The van der Waals surface area contributed by atoms with E-state index in [-0.39, 0.29) is 12.4 Å². The predicted octanol–water partition coefficient (Wildman–Crippen LogP) is 2.49. The second kappa shape index (κ2) is 7.11. The quantitative estimate of drug-likeness (QED) is 0.252. The first-order valence-electron chi connectivity index (χ1n) is 11.4. The first-order valence-corrected chi connectivity index (χ1v) is 11.4. The summed E-state index contributed by atoms with van der Waals surface area (Å²) in [6.45, 7) is 0.203. The van der Waals surface area contributed by atoms with Crippen LogP contribution in [-0.2, 0) is 21.1 Å². The number of pyridine rings is 1. The number of hydrogen-bond acceptors (Lipinski definition) is 6. The number of nitrogens with zero attached hydrogens (tertiary/aromatic N) is 3. The molecule has 4 bridgehead atoms. The van der Waals surface area contributed by atoms with E-state index in [1.165, 1.54) is 32.1 Å². The minimum atomic E-state index is -0.654. The Morgan fingerprint density at radius 3 is 2.30 bits per heavy atom. The minimum absolute atomic E-state index is 0.203. The smallest absolute Gasteiger partial charge is 0.210 e. The fraction of sp³-hybridized carbons (Fsp3) is 0.696. The molecule has 0 atom stereocenters. The average molecular weight is 412 g/mol. The van der Waals surface area contributed by atoms with Crippen LogP contribution in [0.5, 0.6) is 0 Å². The molecule has 0 amide bonds. The fourth-order valence-electron chi connectivity index (χ4n) is 6.67. The van der Waals surface area contributed by atoms with Crippen LogP contribution in [0.15, 0.2) is 40.8 Å². The van der Waals surface area contributed by atoms with Crippen LogP contribution in [0.2, 0.25) is 0 Å². The van der Waals surface area contributed by atoms with Gasteiger partial charge in [-0.3, -0.25) is 0 Å². The van der Waals surface area contributed by atoms with Crippen molar-refractivity contribution in [3.63, 3.8) is 0 Å². The van der Waals surface area contributed by atoms with Crippen LogP contribution in [-0.4, -0.2) is 23.2 Å². The molecule has 7 rings (SSSR count). The third-order valence-corrected chi connectivity index (χ3v) is 7.93. The zero-order valence-corrected chi connectivity index (χ0v) is 17.2. The maximum absolute atomic E-state index is 12.1. The van der Waals surface area contributed by atoms with Crippen molar-refractivity contribution in [3.05, 3.63) is 30.6 Å². The van der Waals surface area contributed by atoms with Crippen LogP contribution >= 0.6 is 0 Å². The average Bonchev–Trinajstić information content (AvgIpc) is 3.12. The van der Waals surface area contributed by atoms with Gasteiger partial charge in [-0.25, -0.2) is 4.57 Å². The third-order valence-electron chi connectivity index (χ3n) is 7.93. The summed E-state index contributed by atoms with van der Waals surface area (Å²) in [4.78, 5) is 12.0. The summed E-state index contributed by atoms with van der Waals surface area (Å²) in [6, 6.07) is 5.69. The number of ether oxygens (including phenoxy) is 1. The normalized spacial score (nSPS) is 42.4. The Hall–Kier alpha value is -1.83. The van der Waals surface area contributed by atoms with Gasteiger partial charge in [0.1, 0.15) is 0 Å². The molecule has 1 saturated heterocycles. The van der Waals surface area contributed by atoms with E-state index in [2.05, 4.69) is 10.2 Å². The Kier molecular flexibility index (Phi) is 4.48. The highest BCUT2D eigenvalue weighted by Gasteiger charge is 2.66. The van der Waals surface area contributed by atoms with E-state index in [4.69, 9.17) is 14.5 Å². The molecule has 7 nitrogen and oxygen atoms in total. The Bertz CT molecular complexity index is 830. The molecule has 1 aromatic rings. The molecule has 7 heteroatoms. The second-order valence-corrected chi connectivity index (χ2v) is 9.91. The van der Waals surface area contributed by atoms with Crippen molar-refractivity contribution in [1.82, 2.24) is 0 Å². The zero-order valence-electron chi connectivity index (χ0n) is 17.2. The zero-order chi connectivity index (χ0) is 20.2. The predicted molar refractivity (Wildman–Crippen MR) is 106 cm³/mol. The summed E-state index contributed by atoms with van der Waals surface area (Å²) in [5, 5.41) is 20.2. The summed E-state index contributed by atoms with van der Waals surface area (Å²) >= 11 is 0. The van der Waals surface area contributed by atoms with E-state index in [1.807, 2.05) is 30.6 Å². The fourth-order valence-corrected chi connectivity index (χ4v) is 6.67. The number of rotatable bonds is 3. The number of aromatic nitrogens is 1. The van der Waals surface area contributed by atoms with Crippen molar-refractivity contribution in [2.75, 3.05) is 0 Å². The van der Waals surface area contributed by atoms with E-state index >= 15 is 0 Å². The second-order valence-electron chi connectivity index (χ2n) is 9.91. The molecule has 0 radical (unpaired) electrons. The topological polar surface area (TPSA) is 79.4 Å². The van der Waals surface area contributed by atoms with Crippen molar-refractivity contribution in [2.45, 2.75) is 75.9 Å². The van der Waals surface area contributed by atoms with Gasteiger partial charge >= 0.3 is 0 Å². The Balaban J connectivity index is 1.09. The van der Waals surface area contributed by atoms with Gasteiger partial charge in [0, 0.05) is 42.5 Å². The summed E-state index contributed by atoms with van der Waals surface area (Å²) in [5.74, 6) is 1.26. The van der Waals surface area contributed by atoms with Gasteiger partial charge in [-0.2, -0.15) is 20.0 Å². The van der Waals surface area contributed by atoms with Gasteiger partial charge in [0.2, 0.25) is 11.6 Å². The molecule has 160 valence electrons. The van der Waals surface area contributed by atoms with Gasteiger partial charge < -0.3 is 9.84 Å². The van der Waals surface area contributed by atoms with E-state index in [1.54, 1.807) is 4.57 Å². The molecule has 5 saturated carbocycles. The highest BCUT2D eigenvalue weighted by Crippen LogP contribution is 2.63. The molecule has 0 unspecified atom stereocenters. The van der Waals surface area contributed by atoms with Gasteiger partial charge in [0.05, 0.1) is 5.90 Å². The maximum atomic E-state index is 12.1. The van der Waals surface area contributed by atoms with E-state index in [9.17, 15) is 5.11 Å². The van der Waals surface area contributed by atoms with Gasteiger partial charge in [0.25, 0.3) is 0 Å². The largest absolute Gasteiger partial charge is 0.856 e. The summed E-state index contributed by atoms with van der Waals surface area (Å²) < 4.78 is 8.50. The summed E-state index contributed by atoms with van der Waals surface area (Å²) in [5.41, 5.74) is 0.935. The van der Waals surface area contributed by atoms with Crippen LogP contribution in [0, 0.1) is 23.7 Å². The van der Waals surface area contributed by atoms with Gasteiger partial charge in [-0.1, -0.05) is 6.07 Å². The molecule has 1 aliphatic heterocycles. The number of hydrogen-bond donors (Lipinski definition) is 0. The van der Waals surface area contributed by atoms with Gasteiger partial charge in [0.15, 0.2) is 18.9 Å². The monoisotopic (exact) mass is 411 g/mol. The molecule has 1 aromatic heterocycles. The Morgan fingerprint density at radius 2 is 1.63 bits per heavy atom. The lowest BCUT2D eigenvalue weighted by molar-refractivity contribution is -0.687. The molecular weight excluding hydrogens is 382 g/mol. The standard InChI is InChI=1S/C23H29N3O4/c27-21(15-26-8-2-1-3-9-26)25-24-20-4-6-22(7-5-20)28-23(30-29-22)18-11-16-10-17(13-18)14-19(23)12-16/h1-3,8-9,16-19H,4-7,10-15H2. The molecule has 5 aliphatic carbocycles. The first kappa shape index (κ1) is 18.9. The Morgan fingerprint density at radius 1 is 0.967 bits per heavy atom. The van der Waals surface area contributed by atoms with Crippen molar-refractivity contribution >= 4 is 11.6 Å². The van der Waals surface area contributed by atoms with E-state index < -0.39 is 11.6 Å². The SMILES string of the molecule is [O-]/C(C[n+]1ccccc1)=N\N=C1CCC2(CC1)OOC1(O2)C2CC3CC(C2)CC1C3. The first-order chi connectivity index (χ1) is 14.6. The van der Waals surface area contributed by atoms with E-state index in [0.29, 0.717) is 24.7 Å². The van der Waals surface area contributed by atoms with Crippen molar-refractivity contribution in [2.24, 2.45) is 33.9 Å². The maximum Gasteiger partial charge on any atom is 0.210 e. The molecule has 2 heterocycles. The molecule has 30 heavy (non-hydrogen) atoms. The van der Waals surface area contributed by atoms with Gasteiger partial charge in [-0.15, -0.1) is 0 Å². The highest BCUT2D eigenvalue weighted by atomic mass is 17.3. The molecule has 2 spiro atoms. The lowest BCUT2D eigenvalue weighted by atomic mass is 9.53. The lowest BCUT2D eigenvalue weighted by Gasteiger charge is -2.57. The lowest BCUT2D eigenvalue weighted by Crippen LogP contribution is -2.59. The van der Waals surface area contributed by atoms with Crippen LogP contribution < -0.4 is 9.67 Å². The van der Waals surface area contributed by atoms with E-state index in [0.717, 1.165) is 30.4 Å². The highest BCUT2D eigenvalue weighted by molar-refractivity contribution is 5.86. The van der Waals surface area contributed by atoms with Crippen molar-refractivity contribution in [3.8, 4) is 0 Å². The molecule has 6 fully saturated rings. The van der Waals surface area contributed by atoms with Crippen molar-refractivity contribution < 1.29 is 24.2 Å². The van der Waals surface area contributed by atoms with Crippen LogP contribution in [0.1, 0.15) is 57.8 Å². The van der Waals surface area contributed by atoms with Crippen LogP contribution in [0.3, 0.4) is 0 Å².